The topological polar surface area (TPSA) is 84.9 Å². The van der Waals surface area contributed by atoms with E-state index in [-0.39, 0.29) is 19.0 Å². The average Bonchev–Trinajstić information content (AvgIpc) is 2.81. The predicted octanol–water partition coefficient (Wildman–Crippen LogP) is 3.24. The number of halogens is 3. The highest BCUT2D eigenvalue weighted by atomic mass is 35.5. The Labute approximate surface area is 194 Å². The maximum atomic E-state index is 13.6. The van der Waals surface area contributed by atoms with E-state index in [1.54, 1.807) is 17.0 Å². The molecule has 3 rings (SSSR count). The molecule has 2 aromatic rings. The lowest BCUT2D eigenvalue weighted by molar-refractivity contribution is -0.129. The third-order valence-corrected chi connectivity index (χ3v) is 5.46. The lowest BCUT2D eigenvalue weighted by Gasteiger charge is -2.32. The highest BCUT2D eigenvalue weighted by molar-refractivity contribution is 6.31. The van der Waals surface area contributed by atoms with Gasteiger partial charge in [0.2, 0.25) is 5.91 Å². The van der Waals surface area contributed by atoms with Crippen molar-refractivity contribution in [1.82, 2.24) is 10.2 Å². The Morgan fingerprint density at radius 2 is 1.91 bits per heavy atom. The maximum Gasteiger partial charge on any atom is 0.257 e. The number of Topliss-reactive ketones (excluding diaryl/α,β-unsaturated/α-hetero) is 1. The number of ketones is 1. The lowest BCUT2D eigenvalue weighted by atomic mass is 9.96. The summed E-state index contributed by atoms with van der Waals surface area (Å²) in [5, 5.41) is 2.90. The Hall–Kier alpha value is -3.20. The summed E-state index contributed by atoms with van der Waals surface area (Å²) in [6.07, 6.45) is 1.16. The lowest BCUT2D eigenvalue weighted by Crippen LogP contribution is -2.46. The Bertz CT molecular complexity index is 1030. The number of rotatable bonds is 8. The van der Waals surface area contributed by atoms with E-state index in [1.165, 1.54) is 19.2 Å². The van der Waals surface area contributed by atoms with E-state index < -0.39 is 41.6 Å². The standard InChI is InChI=1S/C23H23ClF2N2O5/c1-32-20-8-7-15(24)10-17(20)23(31)28-9-3-4-14(12-28)22(30)27-11-16(29)13-33-21-18(25)5-2-6-19(21)26/h2,5-8,10,14H,3-4,9,11-13H2,1H3,(H,27,30). The minimum Gasteiger partial charge on any atom is -0.496 e. The zero-order chi connectivity index (χ0) is 24.0. The van der Waals surface area contributed by atoms with Crippen molar-refractivity contribution in [3.05, 3.63) is 58.6 Å². The van der Waals surface area contributed by atoms with Crippen LogP contribution in [0, 0.1) is 17.6 Å². The molecule has 1 aliphatic heterocycles. The molecule has 0 bridgehead atoms. The molecule has 176 valence electrons. The first-order valence-electron chi connectivity index (χ1n) is 10.3. The molecule has 1 saturated heterocycles. The third kappa shape index (κ3) is 6.19. The third-order valence-electron chi connectivity index (χ3n) is 5.23. The molecule has 0 aromatic heterocycles. The van der Waals surface area contributed by atoms with Crippen LogP contribution in [0.15, 0.2) is 36.4 Å². The van der Waals surface area contributed by atoms with E-state index in [0.29, 0.717) is 35.7 Å². The Morgan fingerprint density at radius 1 is 1.18 bits per heavy atom. The molecular formula is C23H23ClF2N2O5. The number of carbonyl (C=O) groups is 3. The molecule has 2 amide bonds. The number of likely N-dealkylation sites (tertiary alicyclic amines) is 1. The van der Waals surface area contributed by atoms with Gasteiger partial charge in [-0.15, -0.1) is 0 Å². The second-order valence-electron chi connectivity index (χ2n) is 7.53. The molecule has 0 saturated carbocycles. The molecule has 33 heavy (non-hydrogen) atoms. The van der Waals surface area contributed by atoms with Gasteiger partial charge in [-0.1, -0.05) is 17.7 Å². The number of hydrogen-bond acceptors (Lipinski definition) is 5. The SMILES string of the molecule is COc1ccc(Cl)cc1C(=O)N1CCCC(C(=O)NCC(=O)COc2c(F)cccc2F)C1. The molecule has 1 atom stereocenters. The van der Waals surface area contributed by atoms with E-state index in [0.717, 1.165) is 12.1 Å². The first-order chi connectivity index (χ1) is 15.8. The molecule has 2 aromatic carbocycles. The van der Waals surface area contributed by atoms with Crippen LogP contribution in [0.5, 0.6) is 11.5 Å². The highest BCUT2D eigenvalue weighted by Crippen LogP contribution is 2.26. The number of para-hydroxylation sites is 1. The van der Waals surface area contributed by atoms with E-state index >= 15 is 0 Å². The maximum absolute atomic E-state index is 13.6. The summed E-state index contributed by atoms with van der Waals surface area (Å²) in [7, 11) is 1.45. The Kier molecular flexibility index (Phi) is 8.21. The monoisotopic (exact) mass is 480 g/mol. The van der Waals surface area contributed by atoms with Gasteiger partial charge in [0, 0.05) is 18.1 Å². The molecule has 1 aliphatic rings. The van der Waals surface area contributed by atoms with Crippen molar-refractivity contribution in [2.45, 2.75) is 12.8 Å². The van der Waals surface area contributed by atoms with Crippen molar-refractivity contribution in [2.24, 2.45) is 5.92 Å². The fourth-order valence-corrected chi connectivity index (χ4v) is 3.72. The Morgan fingerprint density at radius 3 is 2.61 bits per heavy atom. The van der Waals surface area contributed by atoms with Crippen LogP contribution < -0.4 is 14.8 Å². The van der Waals surface area contributed by atoms with Crippen molar-refractivity contribution in [1.29, 1.82) is 0 Å². The van der Waals surface area contributed by atoms with Crippen LogP contribution in [0.1, 0.15) is 23.2 Å². The average molecular weight is 481 g/mol. The van der Waals surface area contributed by atoms with Gasteiger partial charge in [0.05, 0.1) is 25.1 Å². The van der Waals surface area contributed by atoms with E-state index in [1.807, 2.05) is 0 Å². The Balaban J connectivity index is 1.53. The van der Waals surface area contributed by atoms with Crippen molar-refractivity contribution < 1.29 is 32.6 Å². The number of nitrogens with one attached hydrogen (secondary N) is 1. The fourth-order valence-electron chi connectivity index (χ4n) is 3.55. The summed E-state index contributed by atoms with van der Waals surface area (Å²) >= 11 is 6.01. The number of nitrogens with zero attached hydrogens (tertiary/aromatic N) is 1. The predicted molar refractivity (Wildman–Crippen MR) is 117 cm³/mol. The summed E-state index contributed by atoms with van der Waals surface area (Å²) in [5.74, 6) is -3.86. The summed E-state index contributed by atoms with van der Waals surface area (Å²) in [6, 6.07) is 7.94. The second-order valence-corrected chi connectivity index (χ2v) is 7.97. The number of ether oxygens (including phenoxy) is 2. The zero-order valence-electron chi connectivity index (χ0n) is 17.9. The first kappa shape index (κ1) is 24.4. The summed E-state index contributed by atoms with van der Waals surface area (Å²) in [4.78, 5) is 39.1. The summed E-state index contributed by atoms with van der Waals surface area (Å²) in [6.45, 7) is -0.311. The quantitative estimate of drug-likeness (QED) is 0.627. The van der Waals surface area contributed by atoms with Gasteiger partial charge < -0.3 is 19.7 Å². The normalized spacial score (nSPS) is 15.6. The molecule has 0 aliphatic carbocycles. The molecule has 1 unspecified atom stereocenters. The van der Waals surface area contributed by atoms with E-state index in [2.05, 4.69) is 5.32 Å². The smallest absolute Gasteiger partial charge is 0.257 e. The van der Waals surface area contributed by atoms with Crippen molar-refractivity contribution in [2.75, 3.05) is 33.4 Å². The van der Waals surface area contributed by atoms with Gasteiger partial charge in [-0.05, 0) is 43.2 Å². The van der Waals surface area contributed by atoms with Crippen molar-refractivity contribution >= 4 is 29.2 Å². The molecule has 1 N–H and O–H groups in total. The van der Waals surface area contributed by atoms with Crippen LogP contribution in [0.4, 0.5) is 8.78 Å². The van der Waals surface area contributed by atoms with Crippen LogP contribution in [-0.2, 0) is 9.59 Å². The molecule has 10 heteroatoms. The van der Waals surface area contributed by atoms with Gasteiger partial charge in [-0.3, -0.25) is 14.4 Å². The zero-order valence-corrected chi connectivity index (χ0v) is 18.7. The van der Waals surface area contributed by atoms with Crippen molar-refractivity contribution in [3.8, 4) is 11.5 Å². The van der Waals surface area contributed by atoms with Gasteiger partial charge in [0.15, 0.2) is 23.2 Å². The number of amides is 2. The van der Waals surface area contributed by atoms with E-state index in [4.69, 9.17) is 21.1 Å². The van der Waals surface area contributed by atoms with Gasteiger partial charge >= 0.3 is 0 Å². The minimum atomic E-state index is -0.921. The number of hydrogen-bond donors (Lipinski definition) is 1. The highest BCUT2D eigenvalue weighted by Gasteiger charge is 2.30. The van der Waals surface area contributed by atoms with Crippen LogP contribution in [0.25, 0.3) is 0 Å². The molecular weight excluding hydrogens is 458 g/mol. The minimum absolute atomic E-state index is 0.172. The summed E-state index contributed by atoms with van der Waals surface area (Å²) in [5.41, 5.74) is 0.304. The van der Waals surface area contributed by atoms with Crippen LogP contribution in [0.3, 0.4) is 0 Å². The van der Waals surface area contributed by atoms with Gasteiger partial charge in [0.25, 0.3) is 5.91 Å². The van der Waals surface area contributed by atoms with Gasteiger partial charge in [-0.25, -0.2) is 8.78 Å². The second kappa shape index (κ2) is 11.1. The largest absolute Gasteiger partial charge is 0.496 e. The number of carbonyl (C=O) groups excluding carboxylic acids is 3. The van der Waals surface area contributed by atoms with Crippen molar-refractivity contribution in [3.63, 3.8) is 0 Å². The molecule has 0 spiro atoms. The summed E-state index contributed by atoms with van der Waals surface area (Å²) < 4.78 is 37.3. The number of benzene rings is 2. The van der Waals surface area contributed by atoms with Crippen LogP contribution in [0.2, 0.25) is 5.02 Å². The van der Waals surface area contributed by atoms with Gasteiger partial charge in [0.1, 0.15) is 12.4 Å². The first-order valence-corrected chi connectivity index (χ1v) is 10.7. The molecule has 1 heterocycles. The number of piperidine rings is 1. The molecule has 0 radical (unpaired) electrons. The van der Waals surface area contributed by atoms with Crippen LogP contribution >= 0.6 is 11.6 Å². The van der Waals surface area contributed by atoms with Gasteiger partial charge in [-0.2, -0.15) is 0 Å². The number of methoxy groups -OCH3 is 1. The fraction of sp³-hybridized carbons (Fsp3) is 0.348. The van der Waals surface area contributed by atoms with E-state index in [9.17, 15) is 23.2 Å². The van der Waals surface area contributed by atoms with Crippen LogP contribution in [-0.4, -0.2) is 55.8 Å². The molecule has 1 fully saturated rings. The molecule has 7 nitrogen and oxygen atoms in total.